The van der Waals surface area contributed by atoms with E-state index in [0.717, 1.165) is 34.0 Å². The van der Waals surface area contributed by atoms with Gasteiger partial charge in [-0.1, -0.05) is 145 Å². The third-order valence-electron chi connectivity index (χ3n) is 14.0. The van der Waals surface area contributed by atoms with Gasteiger partial charge in [-0.05, 0) is 95.2 Å². The maximum Gasteiger partial charge on any atom is 0.141 e. The Morgan fingerprint density at radius 2 is 1.29 bits per heavy atom. The molecular weight excluding hydrogens is 705 g/mol. The molecule has 306 valence electrons. The Morgan fingerprint density at radius 1 is 0.672 bits per heavy atom. The molecule has 0 amide bonds. The highest BCUT2D eigenvalue weighted by atomic mass is 16.5. The van der Waals surface area contributed by atoms with Crippen molar-refractivity contribution in [3.63, 3.8) is 0 Å². The second-order valence-corrected chi connectivity index (χ2v) is 18.4. The Labute approximate surface area is 351 Å². The van der Waals surface area contributed by atoms with Crippen molar-refractivity contribution in [2.75, 3.05) is 34.8 Å². The minimum Gasteiger partial charge on any atom is -0.489 e. The lowest BCUT2D eigenvalue weighted by Gasteiger charge is -2.32. The first-order valence-corrected chi connectivity index (χ1v) is 23.0. The zero-order valence-corrected chi connectivity index (χ0v) is 36.9. The number of ether oxygens (including phenoxy) is 1. The standard InChI is InChI=1S/C55H72N2O/c1-8-11-13-15-17-30-47-49(56(4,5)51-38-32-41-24-19-21-28-45(41)53(47)51)36-34-43-26-23-27-44(55(43)58-40-10-3)35-37-50-48(31-18-16-14-12-9-2)54-46-29-22-20-25-42(46)33-39-52(54)57(50,6)7/h10,19-22,24-25,28-29,32-39,47-49H,3,8-9,11-18,23,26-27,30-31,40H2,1-2,4-7H3/q+2. The molecule has 0 saturated heterocycles. The van der Waals surface area contributed by atoms with Crippen molar-refractivity contribution >= 4 is 32.9 Å². The van der Waals surface area contributed by atoms with Gasteiger partial charge in [-0.25, -0.2) is 0 Å². The van der Waals surface area contributed by atoms with E-state index in [4.69, 9.17) is 4.74 Å². The highest BCUT2D eigenvalue weighted by Crippen LogP contribution is 2.53. The quantitative estimate of drug-likeness (QED) is 0.0555. The second kappa shape index (κ2) is 18.8. The summed E-state index contributed by atoms with van der Waals surface area (Å²) in [6, 6.07) is 28.0. The van der Waals surface area contributed by atoms with Crippen LogP contribution < -0.4 is 8.97 Å². The van der Waals surface area contributed by atoms with Crippen LogP contribution in [-0.4, -0.2) is 40.8 Å². The van der Waals surface area contributed by atoms with Crippen LogP contribution in [0.5, 0.6) is 0 Å². The fourth-order valence-electron chi connectivity index (χ4n) is 10.9. The molecule has 0 N–H and O–H groups in total. The van der Waals surface area contributed by atoms with Crippen LogP contribution in [0.1, 0.15) is 133 Å². The van der Waals surface area contributed by atoms with Gasteiger partial charge in [0, 0.05) is 29.2 Å². The lowest BCUT2D eigenvalue weighted by Crippen LogP contribution is -2.47. The van der Waals surface area contributed by atoms with Crippen LogP contribution in [0.25, 0.3) is 21.5 Å². The normalized spacial score (nSPS) is 22.4. The zero-order valence-electron chi connectivity index (χ0n) is 36.9. The number of benzene rings is 4. The van der Waals surface area contributed by atoms with Crippen LogP contribution in [0, 0.1) is 0 Å². The molecule has 0 radical (unpaired) electrons. The van der Waals surface area contributed by atoms with Crippen LogP contribution >= 0.6 is 0 Å². The van der Waals surface area contributed by atoms with Crippen molar-refractivity contribution in [2.45, 2.75) is 128 Å². The molecule has 3 nitrogen and oxygen atoms in total. The number of nitrogens with zero attached hydrogens (tertiary/aromatic N) is 2. The van der Waals surface area contributed by atoms with Crippen molar-refractivity contribution in [3.05, 3.63) is 143 Å². The highest BCUT2D eigenvalue weighted by molar-refractivity contribution is 5.93. The number of fused-ring (bicyclic) bond motifs is 6. The molecule has 3 heteroatoms. The monoisotopic (exact) mass is 777 g/mol. The lowest BCUT2D eigenvalue weighted by molar-refractivity contribution is 0.246. The first-order valence-electron chi connectivity index (χ1n) is 23.0. The summed E-state index contributed by atoms with van der Waals surface area (Å²) >= 11 is 0. The van der Waals surface area contributed by atoms with Crippen LogP contribution in [0.3, 0.4) is 0 Å². The Balaban J connectivity index is 1.25. The average molecular weight is 777 g/mol. The van der Waals surface area contributed by atoms with Crippen molar-refractivity contribution < 1.29 is 4.74 Å². The van der Waals surface area contributed by atoms with Gasteiger partial charge in [-0.2, -0.15) is 0 Å². The highest BCUT2D eigenvalue weighted by Gasteiger charge is 2.47. The number of hydrogen-bond acceptors (Lipinski definition) is 1. The van der Waals surface area contributed by atoms with Gasteiger partial charge in [0.05, 0.1) is 34.1 Å². The molecule has 0 bridgehead atoms. The molecule has 4 aromatic carbocycles. The summed E-state index contributed by atoms with van der Waals surface area (Å²) in [6.07, 6.45) is 30.6. The van der Waals surface area contributed by atoms with Crippen LogP contribution in [0.15, 0.2) is 132 Å². The van der Waals surface area contributed by atoms with Crippen molar-refractivity contribution in [1.29, 1.82) is 0 Å². The SMILES string of the molecule is C=CCOC1=C(C=CC2C(CCCCCCC)c3c(ccc4ccccc34)[N+]2(C)C)CCCC1=CC=C1C(CCCCCCC)c2c(ccc3ccccc23)[N+]1(C)C. The Bertz CT molecular complexity index is 2190. The molecule has 1 aliphatic carbocycles. The lowest BCUT2D eigenvalue weighted by atomic mass is 9.85. The van der Waals surface area contributed by atoms with Gasteiger partial charge in [0.2, 0.25) is 0 Å². The summed E-state index contributed by atoms with van der Waals surface area (Å²) in [6.45, 7) is 9.20. The Hall–Kier alpha value is -4.18. The largest absolute Gasteiger partial charge is 0.489 e. The molecular formula is C55H72N2O+2. The van der Waals surface area contributed by atoms with Gasteiger partial charge < -0.3 is 4.74 Å². The molecule has 7 rings (SSSR count). The third kappa shape index (κ3) is 8.45. The number of unbranched alkanes of at least 4 members (excludes halogenated alkanes) is 8. The summed E-state index contributed by atoms with van der Waals surface area (Å²) in [5.74, 6) is 1.96. The maximum atomic E-state index is 6.69. The molecule has 2 aliphatic heterocycles. The zero-order chi connectivity index (χ0) is 40.7. The molecule has 4 aromatic rings. The number of rotatable bonds is 18. The van der Waals surface area contributed by atoms with E-state index >= 15 is 0 Å². The van der Waals surface area contributed by atoms with Crippen LogP contribution in [0.2, 0.25) is 0 Å². The number of quaternary nitrogens is 2. The van der Waals surface area contributed by atoms with E-state index in [1.165, 1.54) is 127 Å². The van der Waals surface area contributed by atoms with E-state index in [1.807, 2.05) is 6.08 Å². The minimum absolute atomic E-state index is 0.361. The smallest absolute Gasteiger partial charge is 0.141 e. The summed E-state index contributed by atoms with van der Waals surface area (Å²) in [5.41, 5.74) is 10.2. The predicted octanol–water partition coefficient (Wildman–Crippen LogP) is 15.1. The van der Waals surface area contributed by atoms with E-state index in [2.05, 4.69) is 146 Å². The van der Waals surface area contributed by atoms with E-state index in [0.29, 0.717) is 24.5 Å². The first-order chi connectivity index (χ1) is 28.2. The van der Waals surface area contributed by atoms with Gasteiger partial charge in [-0.15, -0.1) is 0 Å². The van der Waals surface area contributed by atoms with Gasteiger partial charge in [-0.3, -0.25) is 8.97 Å². The average Bonchev–Trinajstić information content (AvgIpc) is 3.59. The van der Waals surface area contributed by atoms with Gasteiger partial charge >= 0.3 is 0 Å². The summed E-state index contributed by atoms with van der Waals surface area (Å²) in [7, 11) is 9.67. The van der Waals surface area contributed by atoms with Crippen molar-refractivity contribution in [3.8, 4) is 0 Å². The van der Waals surface area contributed by atoms with E-state index in [1.54, 1.807) is 11.1 Å². The molecule has 3 atom stereocenters. The topological polar surface area (TPSA) is 9.23 Å². The summed E-state index contributed by atoms with van der Waals surface area (Å²) in [5, 5.41) is 5.57. The molecule has 0 aromatic heterocycles. The molecule has 0 fully saturated rings. The maximum absolute atomic E-state index is 6.69. The predicted molar refractivity (Wildman–Crippen MR) is 254 cm³/mol. The van der Waals surface area contributed by atoms with Crippen LogP contribution in [-0.2, 0) is 4.74 Å². The number of allylic oxidation sites excluding steroid dienone is 6. The fraction of sp³-hybridized carbons (Fsp3) is 0.455. The van der Waals surface area contributed by atoms with Gasteiger partial charge in [0.15, 0.2) is 0 Å². The molecule has 3 unspecified atom stereocenters. The van der Waals surface area contributed by atoms with Crippen LogP contribution in [0.4, 0.5) is 11.4 Å². The van der Waals surface area contributed by atoms with E-state index < -0.39 is 0 Å². The summed E-state index contributed by atoms with van der Waals surface area (Å²) in [4.78, 5) is 0. The summed E-state index contributed by atoms with van der Waals surface area (Å²) < 4.78 is 8.37. The molecule has 3 aliphatic rings. The Morgan fingerprint density at radius 3 is 1.97 bits per heavy atom. The number of likely N-dealkylation sites (N-methyl/N-ethyl adjacent to an activating group) is 2. The van der Waals surface area contributed by atoms with Crippen molar-refractivity contribution in [2.24, 2.45) is 0 Å². The fourth-order valence-corrected chi connectivity index (χ4v) is 10.9. The first kappa shape index (κ1) is 42.0. The van der Waals surface area contributed by atoms with Gasteiger partial charge in [0.25, 0.3) is 0 Å². The number of hydrogen-bond donors (Lipinski definition) is 0. The van der Waals surface area contributed by atoms with E-state index in [-0.39, 0.29) is 0 Å². The third-order valence-corrected chi connectivity index (χ3v) is 14.0. The Kier molecular flexibility index (Phi) is 13.6. The molecule has 58 heavy (non-hydrogen) atoms. The second-order valence-electron chi connectivity index (χ2n) is 18.4. The van der Waals surface area contributed by atoms with Crippen molar-refractivity contribution in [1.82, 2.24) is 8.97 Å². The van der Waals surface area contributed by atoms with E-state index in [9.17, 15) is 0 Å². The van der Waals surface area contributed by atoms with Gasteiger partial charge in [0.1, 0.15) is 35.5 Å². The minimum atomic E-state index is 0.361. The molecule has 0 saturated carbocycles. The molecule has 2 heterocycles. The molecule has 0 spiro atoms.